The van der Waals surface area contributed by atoms with E-state index < -0.39 is 7.92 Å². The van der Waals surface area contributed by atoms with Gasteiger partial charge in [0.25, 0.3) is 0 Å². The van der Waals surface area contributed by atoms with E-state index in [2.05, 4.69) is 54.6 Å². The molecule has 0 aromatic heterocycles. The number of benzene rings is 3. The van der Waals surface area contributed by atoms with Gasteiger partial charge in [-0.1, -0.05) is 85.8 Å². The van der Waals surface area contributed by atoms with Crippen LogP contribution < -0.4 is 20.7 Å². The van der Waals surface area contributed by atoms with Gasteiger partial charge in [0.15, 0.2) is 0 Å². The van der Waals surface area contributed by atoms with Gasteiger partial charge in [0.05, 0.1) is 0 Å². The van der Waals surface area contributed by atoms with Crippen LogP contribution in [0.5, 0.6) is 5.75 Å². The van der Waals surface area contributed by atoms with E-state index >= 15 is 0 Å². The average Bonchev–Trinajstić information content (AvgIpc) is 2.65. The molecule has 25 heavy (non-hydrogen) atoms. The average molecular weight is 348 g/mol. The molecule has 0 saturated carbocycles. The Morgan fingerprint density at radius 1 is 0.800 bits per heavy atom. The van der Waals surface area contributed by atoms with Crippen LogP contribution in [0, 0.1) is 0 Å². The minimum absolute atomic E-state index is 0.175. The zero-order valence-corrected chi connectivity index (χ0v) is 15.2. The fraction of sp³-hybridized carbons (Fsp3) is 0.136. The summed E-state index contributed by atoms with van der Waals surface area (Å²) in [6.07, 6.45) is 1.22. The van der Waals surface area contributed by atoms with Crippen molar-refractivity contribution in [2.75, 3.05) is 0 Å². The summed E-state index contributed by atoms with van der Waals surface area (Å²) in [4.78, 5) is 12.0. The number of esters is 1. The van der Waals surface area contributed by atoms with Crippen LogP contribution in [0.15, 0.2) is 84.9 Å². The van der Waals surface area contributed by atoms with Gasteiger partial charge in [-0.15, -0.1) is 0 Å². The summed E-state index contributed by atoms with van der Waals surface area (Å²) in [5.74, 6) is 0.491. The van der Waals surface area contributed by atoms with Crippen LogP contribution >= 0.6 is 7.92 Å². The molecule has 0 heterocycles. The van der Waals surface area contributed by atoms with E-state index in [1.54, 1.807) is 0 Å². The molecule has 0 unspecified atom stereocenters. The lowest BCUT2D eigenvalue weighted by molar-refractivity contribution is -0.134. The van der Waals surface area contributed by atoms with Gasteiger partial charge < -0.3 is 4.74 Å². The molecule has 126 valence electrons. The molecule has 0 aliphatic heterocycles. The molecule has 0 fully saturated rings. The Bertz CT molecular complexity index is 776. The zero-order chi connectivity index (χ0) is 17.5. The maximum Gasteiger partial charge on any atom is 0.311 e. The number of carbonyl (C=O) groups excluding carboxylic acids is 1. The zero-order valence-electron chi connectivity index (χ0n) is 14.3. The second-order valence-corrected chi connectivity index (χ2v) is 7.88. The molecule has 3 heteroatoms. The van der Waals surface area contributed by atoms with Crippen LogP contribution in [0.4, 0.5) is 0 Å². The Hall–Kier alpha value is -2.44. The summed E-state index contributed by atoms with van der Waals surface area (Å²) in [6.45, 7) is 1.98. The summed E-state index contributed by atoms with van der Waals surface area (Å²) >= 11 is 0. The van der Waals surface area contributed by atoms with Crippen molar-refractivity contribution in [3.63, 3.8) is 0 Å². The van der Waals surface area contributed by atoms with Gasteiger partial charge in [-0.25, -0.2) is 0 Å². The molecule has 0 saturated heterocycles. The molecular weight excluding hydrogens is 327 g/mol. The monoisotopic (exact) mass is 348 g/mol. The third-order valence-electron chi connectivity index (χ3n) is 3.81. The molecule has 0 aliphatic rings. The van der Waals surface area contributed by atoms with Gasteiger partial charge in [0, 0.05) is 11.7 Å². The van der Waals surface area contributed by atoms with E-state index in [4.69, 9.17) is 4.74 Å². The summed E-state index contributed by atoms with van der Waals surface area (Å²) in [7, 11) is -0.784. The predicted molar refractivity (Wildman–Crippen MR) is 106 cm³/mol. The SMILES string of the molecule is CCCC(=O)Oc1ccccc1P(c1ccccc1)c1ccccc1. The van der Waals surface area contributed by atoms with Crippen molar-refractivity contribution in [3.8, 4) is 5.75 Å². The fourth-order valence-corrected chi connectivity index (χ4v) is 5.06. The molecule has 3 aromatic rings. The molecule has 0 bridgehead atoms. The molecule has 0 N–H and O–H groups in total. The van der Waals surface area contributed by atoms with Gasteiger partial charge in [-0.2, -0.15) is 0 Å². The van der Waals surface area contributed by atoms with Gasteiger partial charge in [0.2, 0.25) is 0 Å². The Morgan fingerprint density at radius 2 is 1.32 bits per heavy atom. The maximum absolute atomic E-state index is 12.0. The smallest absolute Gasteiger partial charge is 0.311 e. The highest BCUT2D eigenvalue weighted by molar-refractivity contribution is 7.80. The Labute approximate surface area is 150 Å². The van der Waals surface area contributed by atoms with Crippen molar-refractivity contribution in [2.45, 2.75) is 19.8 Å². The maximum atomic E-state index is 12.0. The largest absolute Gasteiger partial charge is 0.426 e. The molecule has 0 amide bonds. The highest BCUT2D eigenvalue weighted by Gasteiger charge is 2.21. The van der Waals surface area contributed by atoms with Crippen molar-refractivity contribution >= 4 is 29.8 Å². The number of ether oxygens (including phenoxy) is 1. The number of hydrogen-bond donors (Lipinski definition) is 0. The Balaban J connectivity index is 2.07. The minimum atomic E-state index is -0.784. The fourth-order valence-electron chi connectivity index (χ4n) is 2.69. The van der Waals surface area contributed by atoms with E-state index in [0.717, 1.165) is 11.7 Å². The molecular formula is C22H21O2P. The highest BCUT2D eigenvalue weighted by atomic mass is 31.1. The summed E-state index contributed by atoms with van der Waals surface area (Å²) in [5, 5.41) is 3.55. The molecule has 0 radical (unpaired) electrons. The van der Waals surface area contributed by atoms with Crippen LogP contribution in [0.2, 0.25) is 0 Å². The molecule has 0 spiro atoms. The quantitative estimate of drug-likeness (QED) is 0.380. The van der Waals surface area contributed by atoms with Gasteiger partial charge >= 0.3 is 5.97 Å². The van der Waals surface area contributed by atoms with Crippen LogP contribution in [-0.2, 0) is 4.79 Å². The first-order valence-corrected chi connectivity index (χ1v) is 9.83. The van der Waals surface area contributed by atoms with Gasteiger partial charge in [0.1, 0.15) is 5.75 Å². The van der Waals surface area contributed by atoms with Crippen molar-refractivity contribution in [2.24, 2.45) is 0 Å². The van der Waals surface area contributed by atoms with Gasteiger partial charge in [-0.3, -0.25) is 4.79 Å². The first-order valence-electron chi connectivity index (χ1n) is 8.49. The number of rotatable bonds is 6. The first-order chi connectivity index (χ1) is 12.3. The standard InChI is InChI=1S/C22H21O2P/c1-2-11-22(23)24-20-16-9-10-17-21(20)25(18-12-5-3-6-13-18)19-14-7-4-8-15-19/h3-10,12-17H,2,11H2,1H3. The molecule has 0 aliphatic carbocycles. The van der Waals surface area contributed by atoms with E-state index in [0.29, 0.717) is 12.2 Å². The second kappa shape index (κ2) is 8.60. The summed E-state index contributed by atoms with van der Waals surface area (Å²) < 4.78 is 5.69. The van der Waals surface area contributed by atoms with E-state index in [1.165, 1.54) is 10.6 Å². The number of carbonyl (C=O) groups is 1. The number of para-hydroxylation sites is 1. The van der Waals surface area contributed by atoms with Crippen LogP contribution in [0.3, 0.4) is 0 Å². The lowest BCUT2D eigenvalue weighted by Gasteiger charge is -2.21. The number of hydrogen-bond acceptors (Lipinski definition) is 2. The van der Waals surface area contributed by atoms with Crippen molar-refractivity contribution in [1.82, 2.24) is 0 Å². The van der Waals surface area contributed by atoms with Crippen LogP contribution in [-0.4, -0.2) is 5.97 Å². The predicted octanol–water partition coefficient (Wildman–Crippen LogP) is 4.15. The Morgan fingerprint density at radius 3 is 1.88 bits per heavy atom. The topological polar surface area (TPSA) is 26.3 Å². The van der Waals surface area contributed by atoms with Crippen molar-refractivity contribution in [3.05, 3.63) is 84.9 Å². The van der Waals surface area contributed by atoms with Crippen molar-refractivity contribution < 1.29 is 9.53 Å². The molecule has 2 nitrogen and oxygen atoms in total. The summed E-state index contributed by atoms with van der Waals surface area (Å²) in [6, 6.07) is 28.7. The molecule has 0 atom stereocenters. The van der Waals surface area contributed by atoms with E-state index in [9.17, 15) is 4.79 Å². The minimum Gasteiger partial charge on any atom is -0.426 e. The van der Waals surface area contributed by atoms with E-state index in [1.807, 2.05) is 37.3 Å². The molecule has 3 rings (SSSR count). The van der Waals surface area contributed by atoms with E-state index in [-0.39, 0.29) is 5.97 Å². The molecule has 3 aromatic carbocycles. The third kappa shape index (κ3) is 4.35. The van der Waals surface area contributed by atoms with Gasteiger partial charge in [-0.05, 0) is 31.0 Å². The Kier molecular flexibility index (Phi) is 5.98. The lowest BCUT2D eigenvalue weighted by atomic mass is 10.3. The second-order valence-electron chi connectivity index (χ2n) is 5.70. The summed E-state index contributed by atoms with van der Waals surface area (Å²) in [5.41, 5.74) is 0. The van der Waals surface area contributed by atoms with Crippen LogP contribution in [0.1, 0.15) is 19.8 Å². The van der Waals surface area contributed by atoms with Crippen molar-refractivity contribution in [1.29, 1.82) is 0 Å². The van der Waals surface area contributed by atoms with Crippen LogP contribution in [0.25, 0.3) is 0 Å². The lowest BCUT2D eigenvalue weighted by Crippen LogP contribution is -2.23. The third-order valence-corrected chi connectivity index (χ3v) is 6.29. The normalized spacial score (nSPS) is 10.6. The highest BCUT2D eigenvalue weighted by Crippen LogP contribution is 2.36. The first kappa shape index (κ1) is 17.4.